The lowest BCUT2D eigenvalue weighted by molar-refractivity contribution is 0.291. The molecule has 0 aromatic rings. The molecule has 1 atom stereocenters. The van der Waals surface area contributed by atoms with Crippen LogP contribution in [0.4, 0.5) is 0 Å². The lowest BCUT2D eigenvalue weighted by Crippen LogP contribution is -2.26. The molecule has 1 heterocycles. The third-order valence-electron chi connectivity index (χ3n) is 2.69. The monoisotopic (exact) mass is 175 g/mol. The highest BCUT2D eigenvalue weighted by molar-refractivity contribution is 6.18. The van der Waals surface area contributed by atoms with Crippen LogP contribution in [0.1, 0.15) is 26.2 Å². The van der Waals surface area contributed by atoms with Gasteiger partial charge in [0.05, 0.1) is 0 Å². The minimum absolute atomic E-state index is 0.449. The van der Waals surface area contributed by atoms with Gasteiger partial charge in [0.1, 0.15) is 0 Å². The van der Waals surface area contributed by atoms with Crippen LogP contribution in [0.5, 0.6) is 0 Å². The second kappa shape index (κ2) is 3.77. The zero-order valence-electron chi connectivity index (χ0n) is 7.57. The van der Waals surface area contributed by atoms with Gasteiger partial charge in [-0.25, -0.2) is 0 Å². The Kier molecular flexibility index (Phi) is 3.20. The van der Waals surface area contributed by atoms with Crippen LogP contribution < -0.4 is 0 Å². The largest absolute Gasteiger partial charge is 0.306 e. The van der Waals surface area contributed by atoms with Gasteiger partial charge in [-0.05, 0) is 31.8 Å². The van der Waals surface area contributed by atoms with Crippen molar-refractivity contribution in [2.75, 3.05) is 26.0 Å². The molecule has 1 nitrogen and oxygen atoms in total. The Morgan fingerprint density at radius 2 is 2.27 bits per heavy atom. The number of alkyl halides is 1. The first-order valence-electron chi connectivity index (χ1n) is 4.47. The SMILES string of the molecule is CCCC1(CCl)CCN(C)C1. The van der Waals surface area contributed by atoms with E-state index in [1.165, 1.54) is 32.4 Å². The highest BCUT2D eigenvalue weighted by atomic mass is 35.5. The number of likely N-dealkylation sites (tertiary alicyclic amines) is 1. The molecule has 0 aromatic carbocycles. The van der Waals surface area contributed by atoms with E-state index in [-0.39, 0.29) is 0 Å². The predicted molar refractivity (Wildman–Crippen MR) is 50.2 cm³/mol. The van der Waals surface area contributed by atoms with Gasteiger partial charge < -0.3 is 4.90 Å². The summed E-state index contributed by atoms with van der Waals surface area (Å²) in [5.74, 6) is 0.838. The van der Waals surface area contributed by atoms with Gasteiger partial charge in [0.25, 0.3) is 0 Å². The molecule has 2 heteroatoms. The number of nitrogens with zero attached hydrogens (tertiary/aromatic N) is 1. The van der Waals surface area contributed by atoms with Crippen LogP contribution in [0.25, 0.3) is 0 Å². The molecule has 0 spiro atoms. The van der Waals surface area contributed by atoms with Crippen LogP contribution >= 0.6 is 11.6 Å². The maximum atomic E-state index is 5.98. The molecule has 1 aliphatic heterocycles. The van der Waals surface area contributed by atoms with Crippen molar-refractivity contribution in [3.05, 3.63) is 0 Å². The Bertz CT molecular complexity index is 123. The quantitative estimate of drug-likeness (QED) is 0.596. The van der Waals surface area contributed by atoms with Crippen molar-refractivity contribution >= 4 is 11.6 Å². The van der Waals surface area contributed by atoms with Crippen LogP contribution in [0.3, 0.4) is 0 Å². The fourth-order valence-electron chi connectivity index (χ4n) is 2.07. The van der Waals surface area contributed by atoms with Crippen LogP contribution in [0.15, 0.2) is 0 Å². The van der Waals surface area contributed by atoms with Crippen molar-refractivity contribution in [3.8, 4) is 0 Å². The number of hydrogen-bond donors (Lipinski definition) is 0. The van der Waals surface area contributed by atoms with E-state index >= 15 is 0 Å². The van der Waals surface area contributed by atoms with E-state index in [0.717, 1.165) is 5.88 Å². The van der Waals surface area contributed by atoms with Gasteiger partial charge >= 0.3 is 0 Å². The predicted octanol–water partition coefficient (Wildman–Crippen LogP) is 2.35. The fourth-order valence-corrected chi connectivity index (χ4v) is 2.42. The molecule has 11 heavy (non-hydrogen) atoms. The van der Waals surface area contributed by atoms with Crippen LogP contribution in [-0.2, 0) is 0 Å². The topological polar surface area (TPSA) is 3.24 Å². The first-order chi connectivity index (χ1) is 5.22. The molecule has 0 saturated carbocycles. The molecule has 66 valence electrons. The molecule has 0 bridgehead atoms. The summed E-state index contributed by atoms with van der Waals surface area (Å²) >= 11 is 5.98. The van der Waals surface area contributed by atoms with Gasteiger partial charge in [-0.1, -0.05) is 13.3 Å². The van der Waals surface area contributed by atoms with E-state index in [0.29, 0.717) is 5.41 Å². The molecule has 1 aliphatic rings. The zero-order valence-corrected chi connectivity index (χ0v) is 8.32. The summed E-state index contributed by atoms with van der Waals surface area (Å²) in [5, 5.41) is 0. The Hall–Kier alpha value is 0.250. The molecule has 0 N–H and O–H groups in total. The fraction of sp³-hybridized carbons (Fsp3) is 1.00. The maximum absolute atomic E-state index is 5.98. The van der Waals surface area contributed by atoms with Crippen molar-refractivity contribution in [2.45, 2.75) is 26.2 Å². The van der Waals surface area contributed by atoms with Crippen molar-refractivity contribution in [1.29, 1.82) is 0 Å². The summed E-state index contributed by atoms with van der Waals surface area (Å²) in [6.07, 6.45) is 3.85. The molecule has 0 radical (unpaired) electrons. The molecular formula is C9H18ClN. The van der Waals surface area contributed by atoms with Crippen LogP contribution in [-0.4, -0.2) is 30.9 Å². The lowest BCUT2D eigenvalue weighted by Gasteiger charge is -2.25. The molecule has 0 aliphatic carbocycles. The van der Waals surface area contributed by atoms with Crippen molar-refractivity contribution in [1.82, 2.24) is 4.90 Å². The molecule has 0 amide bonds. The van der Waals surface area contributed by atoms with Gasteiger partial charge in [0, 0.05) is 12.4 Å². The van der Waals surface area contributed by atoms with Crippen molar-refractivity contribution < 1.29 is 0 Å². The first kappa shape index (κ1) is 9.34. The summed E-state index contributed by atoms with van der Waals surface area (Å²) in [4.78, 5) is 2.39. The Morgan fingerprint density at radius 3 is 2.64 bits per heavy atom. The second-order valence-electron chi connectivity index (χ2n) is 3.87. The molecule has 1 fully saturated rings. The van der Waals surface area contributed by atoms with E-state index in [9.17, 15) is 0 Å². The molecule has 1 unspecified atom stereocenters. The van der Waals surface area contributed by atoms with Crippen LogP contribution in [0, 0.1) is 5.41 Å². The van der Waals surface area contributed by atoms with E-state index in [1.54, 1.807) is 0 Å². The molecule has 0 aromatic heterocycles. The number of halogens is 1. The summed E-state index contributed by atoms with van der Waals surface area (Å²) in [5.41, 5.74) is 0.449. The highest BCUT2D eigenvalue weighted by Gasteiger charge is 2.34. The van der Waals surface area contributed by atoms with E-state index < -0.39 is 0 Å². The number of rotatable bonds is 3. The minimum atomic E-state index is 0.449. The summed E-state index contributed by atoms with van der Waals surface area (Å²) < 4.78 is 0. The molecule has 1 rings (SSSR count). The van der Waals surface area contributed by atoms with Crippen LogP contribution in [0.2, 0.25) is 0 Å². The average molecular weight is 176 g/mol. The van der Waals surface area contributed by atoms with E-state index in [4.69, 9.17) is 11.6 Å². The van der Waals surface area contributed by atoms with Gasteiger partial charge in [-0.2, -0.15) is 0 Å². The van der Waals surface area contributed by atoms with Crippen molar-refractivity contribution in [3.63, 3.8) is 0 Å². The average Bonchev–Trinajstić information content (AvgIpc) is 2.34. The Balaban J connectivity index is 2.48. The van der Waals surface area contributed by atoms with Gasteiger partial charge in [0.2, 0.25) is 0 Å². The molecular weight excluding hydrogens is 158 g/mol. The Morgan fingerprint density at radius 1 is 1.55 bits per heavy atom. The lowest BCUT2D eigenvalue weighted by atomic mass is 9.85. The maximum Gasteiger partial charge on any atom is 0.0292 e. The smallest absolute Gasteiger partial charge is 0.0292 e. The van der Waals surface area contributed by atoms with Gasteiger partial charge in [0.15, 0.2) is 0 Å². The van der Waals surface area contributed by atoms with E-state index in [1.807, 2.05) is 0 Å². The molecule has 1 saturated heterocycles. The second-order valence-corrected chi connectivity index (χ2v) is 4.14. The Labute approximate surface area is 74.7 Å². The third kappa shape index (κ3) is 2.09. The van der Waals surface area contributed by atoms with Gasteiger partial charge in [-0.3, -0.25) is 0 Å². The minimum Gasteiger partial charge on any atom is -0.306 e. The summed E-state index contributed by atoms with van der Waals surface area (Å²) in [7, 11) is 2.18. The highest BCUT2D eigenvalue weighted by Crippen LogP contribution is 2.35. The number of hydrogen-bond acceptors (Lipinski definition) is 1. The van der Waals surface area contributed by atoms with Crippen molar-refractivity contribution in [2.24, 2.45) is 5.41 Å². The normalized spacial score (nSPS) is 33.0. The summed E-state index contributed by atoms with van der Waals surface area (Å²) in [6, 6.07) is 0. The summed E-state index contributed by atoms with van der Waals surface area (Å²) in [6.45, 7) is 4.67. The van der Waals surface area contributed by atoms with Gasteiger partial charge in [-0.15, -0.1) is 11.6 Å². The zero-order chi connectivity index (χ0) is 8.32. The first-order valence-corrected chi connectivity index (χ1v) is 5.00. The third-order valence-corrected chi connectivity index (χ3v) is 3.26. The standard InChI is InChI=1S/C9H18ClN/c1-3-4-9(7-10)5-6-11(2)8-9/h3-8H2,1-2H3. The van der Waals surface area contributed by atoms with E-state index in [2.05, 4.69) is 18.9 Å².